The van der Waals surface area contributed by atoms with Crippen molar-refractivity contribution in [2.24, 2.45) is 0 Å². The third-order valence-corrected chi connectivity index (χ3v) is 5.20. The van der Waals surface area contributed by atoms with Crippen molar-refractivity contribution in [2.45, 2.75) is 38.5 Å². The molecule has 1 amide bonds. The fraction of sp³-hybridized carbons (Fsp3) is 0.435. The van der Waals surface area contributed by atoms with E-state index < -0.39 is 0 Å². The maximum atomic E-state index is 12.7. The Balaban J connectivity index is 1.52. The van der Waals surface area contributed by atoms with Gasteiger partial charge in [-0.05, 0) is 56.0 Å². The van der Waals surface area contributed by atoms with Crippen molar-refractivity contribution in [3.05, 3.63) is 71.3 Å². The molecule has 0 unspecified atom stereocenters. The molecule has 0 aliphatic carbocycles. The predicted molar refractivity (Wildman–Crippen MR) is 108 cm³/mol. The van der Waals surface area contributed by atoms with Crippen LogP contribution in [-0.4, -0.2) is 37.0 Å². The van der Waals surface area contributed by atoms with Gasteiger partial charge in [-0.2, -0.15) is 0 Å². The quantitative estimate of drug-likeness (QED) is 0.816. The summed E-state index contributed by atoms with van der Waals surface area (Å²) in [6.07, 6.45) is 7.11. The summed E-state index contributed by atoms with van der Waals surface area (Å²) in [6.45, 7) is 4.02. The Kier molecular flexibility index (Phi) is 7.26. The Bertz CT molecular complexity index is 676. The number of carbonyl (C=O) groups excluding carboxylic acids is 1. The molecule has 26 heavy (non-hydrogen) atoms. The summed E-state index contributed by atoms with van der Waals surface area (Å²) in [5.41, 5.74) is 3.26. The third kappa shape index (κ3) is 5.70. The highest BCUT2D eigenvalue weighted by atomic mass is 16.1. The van der Waals surface area contributed by atoms with E-state index in [1.807, 2.05) is 24.3 Å². The van der Waals surface area contributed by atoms with Crippen LogP contribution >= 0.6 is 0 Å². The van der Waals surface area contributed by atoms with Gasteiger partial charge >= 0.3 is 0 Å². The number of aryl methyl sites for hydroxylation is 2. The summed E-state index contributed by atoms with van der Waals surface area (Å²) in [5.74, 6) is 0.0588. The molecule has 0 saturated carbocycles. The van der Waals surface area contributed by atoms with E-state index in [9.17, 15) is 4.79 Å². The number of amides is 1. The summed E-state index contributed by atoms with van der Waals surface area (Å²) in [5, 5.41) is 3.12. The fourth-order valence-electron chi connectivity index (χ4n) is 3.67. The summed E-state index contributed by atoms with van der Waals surface area (Å²) in [4.78, 5) is 15.1. The van der Waals surface area contributed by atoms with Crippen molar-refractivity contribution in [1.29, 1.82) is 0 Å². The molecule has 0 aromatic heterocycles. The maximum absolute atomic E-state index is 12.7. The van der Waals surface area contributed by atoms with Crippen LogP contribution in [0.1, 0.15) is 47.2 Å². The van der Waals surface area contributed by atoms with Crippen LogP contribution in [0.25, 0.3) is 0 Å². The highest BCUT2D eigenvalue weighted by Crippen LogP contribution is 2.13. The lowest BCUT2D eigenvalue weighted by Gasteiger charge is -2.20. The van der Waals surface area contributed by atoms with Crippen LogP contribution in [-0.2, 0) is 12.8 Å². The van der Waals surface area contributed by atoms with E-state index in [1.165, 1.54) is 44.3 Å². The highest BCUT2D eigenvalue weighted by molar-refractivity contribution is 5.95. The van der Waals surface area contributed by atoms with E-state index in [-0.39, 0.29) is 5.91 Å². The van der Waals surface area contributed by atoms with E-state index in [4.69, 9.17) is 0 Å². The average molecular weight is 351 g/mol. The second kappa shape index (κ2) is 10.1. The van der Waals surface area contributed by atoms with Gasteiger partial charge in [-0.15, -0.1) is 0 Å². The minimum Gasteiger partial charge on any atom is -0.351 e. The maximum Gasteiger partial charge on any atom is 0.251 e. The van der Waals surface area contributed by atoms with Gasteiger partial charge in [-0.25, -0.2) is 0 Å². The molecule has 1 aliphatic heterocycles. The standard InChI is InChI=1S/C23H30N2O/c26-23(24-16-19-25-17-8-1-2-9-18-25)22-13-7-6-12-21(22)15-14-20-10-4-3-5-11-20/h3-7,10-13H,1-2,8-9,14-19H2,(H,24,26). The first-order valence-corrected chi connectivity index (χ1v) is 9.95. The molecule has 1 heterocycles. The van der Waals surface area contributed by atoms with Crippen LogP contribution in [0.4, 0.5) is 0 Å². The minimum atomic E-state index is 0.0588. The number of carbonyl (C=O) groups is 1. The zero-order valence-electron chi connectivity index (χ0n) is 15.6. The van der Waals surface area contributed by atoms with Crippen molar-refractivity contribution in [2.75, 3.05) is 26.2 Å². The van der Waals surface area contributed by atoms with Crippen molar-refractivity contribution >= 4 is 5.91 Å². The summed E-state index contributed by atoms with van der Waals surface area (Å²) in [6, 6.07) is 18.5. The van der Waals surface area contributed by atoms with E-state index in [1.54, 1.807) is 0 Å². The van der Waals surface area contributed by atoms with Gasteiger partial charge in [0.1, 0.15) is 0 Å². The smallest absolute Gasteiger partial charge is 0.251 e. The largest absolute Gasteiger partial charge is 0.351 e. The Morgan fingerprint density at radius 3 is 2.31 bits per heavy atom. The van der Waals surface area contributed by atoms with Crippen LogP contribution in [0.5, 0.6) is 0 Å². The summed E-state index contributed by atoms with van der Waals surface area (Å²) >= 11 is 0. The van der Waals surface area contributed by atoms with E-state index in [0.717, 1.165) is 37.1 Å². The number of hydrogen-bond acceptors (Lipinski definition) is 2. The topological polar surface area (TPSA) is 32.3 Å². The van der Waals surface area contributed by atoms with Crippen molar-refractivity contribution < 1.29 is 4.79 Å². The molecule has 138 valence electrons. The molecule has 3 heteroatoms. The normalized spacial score (nSPS) is 15.4. The average Bonchev–Trinajstić information content (AvgIpc) is 2.96. The Hall–Kier alpha value is -2.13. The van der Waals surface area contributed by atoms with Crippen LogP contribution in [0, 0.1) is 0 Å². The molecule has 0 spiro atoms. The molecule has 1 saturated heterocycles. The van der Waals surface area contributed by atoms with Gasteiger partial charge in [-0.3, -0.25) is 4.79 Å². The lowest BCUT2D eigenvalue weighted by atomic mass is 9.99. The molecule has 3 nitrogen and oxygen atoms in total. The molecule has 1 N–H and O–H groups in total. The van der Waals surface area contributed by atoms with Crippen molar-refractivity contribution in [3.63, 3.8) is 0 Å². The zero-order chi connectivity index (χ0) is 18.0. The minimum absolute atomic E-state index is 0.0588. The number of benzene rings is 2. The van der Waals surface area contributed by atoms with Gasteiger partial charge in [0.15, 0.2) is 0 Å². The Morgan fingerprint density at radius 1 is 0.846 bits per heavy atom. The van der Waals surface area contributed by atoms with Crippen LogP contribution in [0.3, 0.4) is 0 Å². The van der Waals surface area contributed by atoms with Gasteiger partial charge < -0.3 is 10.2 Å². The van der Waals surface area contributed by atoms with E-state index in [0.29, 0.717) is 0 Å². The molecule has 1 fully saturated rings. The van der Waals surface area contributed by atoms with Gasteiger partial charge in [0.2, 0.25) is 0 Å². The first kappa shape index (κ1) is 18.7. The molecule has 0 bridgehead atoms. The number of nitrogens with one attached hydrogen (secondary N) is 1. The van der Waals surface area contributed by atoms with Crippen LogP contribution in [0.15, 0.2) is 54.6 Å². The van der Waals surface area contributed by atoms with Crippen LogP contribution in [0.2, 0.25) is 0 Å². The molecule has 3 rings (SSSR count). The van der Waals surface area contributed by atoms with Gasteiger partial charge in [-0.1, -0.05) is 61.4 Å². The molecule has 1 aliphatic rings. The molecule has 2 aromatic rings. The number of rotatable bonds is 7. The number of hydrogen-bond donors (Lipinski definition) is 1. The zero-order valence-corrected chi connectivity index (χ0v) is 15.6. The van der Waals surface area contributed by atoms with Crippen molar-refractivity contribution in [1.82, 2.24) is 10.2 Å². The molecular weight excluding hydrogens is 320 g/mol. The van der Waals surface area contributed by atoms with Gasteiger partial charge in [0.25, 0.3) is 5.91 Å². The molecular formula is C23H30N2O. The summed E-state index contributed by atoms with van der Waals surface area (Å²) < 4.78 is 0. The highest BCUT2D eigenvalue weighted by Gasteiger charge is 2.12. The number of nitrogens with zero attached hydrogens (tertiary/aromatic N) is 1. The first-order valence-electron chi connectivity index (χ1n) is 9.95. The lowest BCUT2D eigenvalue weighted by molar-refractivity contribution is 0.0947. The van der Waals surface area contributed by atoms with Gasteiger partial charge in [0.05, 0.1) is 0 Å². The monoisotopic (exact) mass is 350 g/mol. The molecule has 0 radical (unpaired) electrons. The van der Waals surface area contributed by atoms with E-state index in [2.05, 4.69) is 40.5 Å². The molecule has 2 aromatic carbocycles. The summed E-state index contributed by atoms with van der Waals surface area (Å²) in [7, 11) is 0. The third-order valence-electron chi connectivity index (χ3n) is 5.20. The van der Waals surface area contributed by atoms with Gasteiger partial charge in [0, 0.05) is 18.7 Å². The fourth-order valence-corrected chi connectivity index (χ4v) is 3.67. The molecule has 0 atom stereocenters. The predicted octanol–water partition coefficient (Wildman–Crippen LogP) is 4.08. The second-order valence-electron chi connectivity index (χ2n) is 7.15. The Morgan fingerprint density at radius 2 is 1.54 bits per heavy atom. The SMILES string of the molecule is O=C(NCCN1CCCCCC1)c1ccccc1CCc1ccccc1. The number of likely N-dealkylation sites (tertiary alicyclic amines) is 1. The second-order valence-corrected chi connectivity index (χ2v) is 7.15. The Labute approximate surface area is 157 Å². The van der Waals surface area contributed by atoms with Crippen LogP contribution < -0.4 is 5.32 Å². The lowest BCUT2D eigenvalue weighted by Crippen LogP contribution is -2.35. The first-order chi connectivity index (χ1) is 12.8. The van der Waals surface area contributed by atoms with Crippen molar-refractivity contribution in [3.8, 4) is 0 Å². The van der Waals surface area contributed by atoms with E-state index >= 15 is 0 Å².